The lowest BCUT2D eigenvalue weighted by Gasteiger charge is -2.15. The monoisotopic (exact) mass is 219 g/mol. The van der Waals surface area contributed by atoms with E-state index >= 15 is 0 Å². The third-order valence-electron chi connectivity index (χ3n) is 2.89. The van der Waals surface area contributed by atoms with Gasteiger partial charge in [-0.3, -0.25) is 0 Å². The van der Waals surface area contributed by atoms with Crippen LogP contribution in [0.1, 0.15) is 36.0 Å². The van der Waals surface area contributed by atoms with E-state index in [1.807, 2.05) is 0 Å². The lowest BCUT2D eigenvalue weighted by Crippen LogP contribution is -1.99. The highest BCUT2D eigenvalue weighted by Gasteiger charge is 2.09. The highest BCUT2D eigenvalue weighted by molar-refractivity contribution is 8.03. The molecular weight excluding hydrogens is 202 g/mol. The SMILES string of the molecule is Cc1cccc(C(C)CCSC#N)c1C. The van der Waals surface area contributed by atoms with E-state index in [2.05, 4.69) is 44.4 Å². The summed E-state index contributed by atoms with van der Waals surface area (Å²) in [4.78, 5) is 0. The van der Waals surface area contributed by atoms with Crippen LogP contribution in [0.2, 0.25) is 0 Å². The van der Waals surface area contributed by atoms with Crippen molar-refractivity contribution in [2.75, 3.05) is 5.75 Å². The Morgan fingerprint density at radius 1 is 1.40 bits per heavy atom. The molecule has 1 atom stereocenters. The second-order valence-corrected chi connectivity index (χ2v) is 4.80. The van der Waals surface area contributed by atoms with Gasteiger partial charge >= 0.3 is 0 Å². The summed E-state index contributed by atoms with van der Waals surface area (Å²) in [5, 5.41) is 10.6. The predicted molar refractivity (Wildman–Crippen MR) is 67.0 cm³/mol. The van der Waals surface area contributed by atoms with Crippen molar-refractivity contribution < 1.29 is 0 Å². The van der Waals surface area contributed by atoms with Gasteiger partial charge in [0.15, 0.2) is 0 Å². The molecule has 1 unspecified atom stereocenters. The van der Waals surface area contributed by atoms with Gasteiger partial charge in [-0.15, -0.1) is 0 Å². The van der Waals surface area contributed by atoms with Crippen molar-refractivity contribution in [3.05, 3.63) is 34.9 Å². The molecule has 2 heteroatoms. The normalized spacial score (nSPS) is 12.1. The highest BCUT2D eigenvalue weighted by atomic mass is 32.2. The first-order chi connectivity index (χ1) is 7.16. The first-order valence-electron chi connectivity index (χ1n) is 5.23. The minimum atomic E-state index is 0.547. The van der Waals surface area contributed by atoms with Crippen LogP contribution in [0.5, 0.6) is 0 Å². The molecule has 1 nitrogen and oxygen atoms in total. The van der Waals surface area contributed by atoms with E-state index in [0.717, 1.165) is 12.2 Å². The van der Waals surface area contributed by atoms with E-state index in [9.17, 15) is 0 Å². The predicted octanol–water partition coefficient (Wildman–Crippen LogP) is 4.01. The molecule has 0 N–H and O–H groups in total. The maximum Gasteiger partial charge on any atom is 0.133 e. The molecule has 80 valence electrons. The molecular formula is C13H17NS. The maximum absolute atomic E-state index is 8.46. The number of hydrogen-bond donors (Lipinski definition) is 0. The number of nitrogens with zero attached hydrogens (tertiary/aromatic N) is 1. The largest absolute Gasteiger partial charge is 0.185 e. The molecule has 1 aromatic rings. The van der Waals surface area contributed by atoms with Crippen molar-refractivity contribution in [3.63, 3.8) is 0 Å². The molecule has 1 aromatic carbocycles. The molecule has 0 bridgehead atoms. The molecule has 0 saturated heterocycles. The van der Waals surface area contributed by atoms with Crippen LogP contribution in [0.4, 0.5) is 0 Å². The molecule has 15 heavy (non-hydrogen) atoms. The topological polar surface area (TPSA) is 23.8 Å². The average Bonchev–Trinajstić information content (AvgIpc) is 2.22. The molecule has 0 aliphatic rings. The Bertz CT molecular complexity index is 365. The minimum absolute atomic E-state index is 0.547. The third kappa shape index (κ3) is 3.28. The first kappa shape index (κ1) is 12.1. The van der Waals surface area contributed by atoms with Gasteiger partial charge in [0.25, 0.3) is 0 Å². The summed E-state index contributed by atoms with van der Waals surface area (Å²) in [6, 6.07) is 6.46. The van der Waals surface area contributed by atoms with Gasteiger partial charge in [0.05, 0.1) is 0 Å². The lowest BCUT2D eigenvalue weighted by molar-refractivity contribution is 0.735. The Morgan fingerprint density at radius 2 is 2.13 bits per heavy atom. The van der Waals surface area contributed by atoms with Crippen LogP contribution in [-0.4, -0.2) is 5.75 Å². The van der Waals surface area contributed by atoms with Gasteiger partial charge in [0, 0.05) is 5.75 Å². The van der Waals surface area contributed by atoms with Crippen molar-refractivity contribution in [1.29, 1.82) is 5.26 Å². The zero-order chi connectivity index (χ0) is 11.3. The fraction of sp³-hybridized carbons (Fsp3) is 0.462. The molecule has 0 radical (unpaired) electrons. The standard InChI is InChI=1S/C13H17NS/c1-10-5-4-6-13(12(10)3)11(2)7-8-15-9-14/h4-6,11H,7-8H2,1-3H3. The van der Waals surface area contributed by atoms with Crippen LogP contribution in [0.25, 0.3) is 0 Å². The minimum Gasteiger partial charge on any atom is -0.185 e. The third-order valence-corrected chi connectivity index (χ3v) is 3.46. The second-order valence-electron chi connectivity index (χ2n) is 3.92. The van der Waals surface area contributed by atoms with E-state index in [1.54, 1.807) is 0 Å². The van der Waals surface area contributed by atoms with E-state index in [-0.39, 0.29) is 0 Å². The Kier molecular flexibility index (Phi) is 4.71. The summed E-state index contributed by atoms with van der Waals surface area (Å²) in [6.07, 6.45) is 1.07. The number of thiocyanates is 1. The van der Waals surface area contributed by atoms with E-state index < -0.39 is 0 Å². The number of nitriles is 1. The fourth-order valence-electron chi connectivity index (χ4n) is 1.74. The van der Waals surface area contributed by atoms with Gasteiger partial charge < -0.3 is 0 Å². The van der Waals surface area contributed by atoms with Crippen LogP contribution in [-0.2, 0) is 0 Å². The first-order valence-corrected chi connectivity index (χ1v) is 6.22. The Morgan fingerprint density at radius 3 is 2.80 bits per heavy atom. The van der Waals surface area contributed by atoms with E-state index in [1.165, 1.54) is 28.5 Å². The lowest BCUT2D eigenvalue weighted by atomic mass is 9.92. The van der Waals surface area contributed by atoms with Crippen molar-refractivity contribution >= 4 is 11.8 Å². The Hall–Kier alpha value is -0.940. The van der Waals surface area contributed by atoms with Crippen molar-refractivity contribution in [2.24, 2.45) is 0 Å². The van der Waals surface area contributed by atoms with Gasteiger partial charge in [0.1, 0.15) is 5.40 Å². The fourth-order valence-corrected chi connectivity index (χ4v) is 2.31. The molecule has 0 saturated carbocycles. The maximum atomic E-state index is 8.46. The smallest absolute Gasteiger partial charge is 0.133 e. The highest BCUT2D eigenvalue weighted by Crippen LogP contribution is 2.25. The van der Waals surface area contributed by atoms with Crippen molar-refractivity contribution in [1.82, 2.24) is 0 Å². The van der Waals surface area contributed by atoms with Gasteiger partial charge in [-0.1, -0.05) is 25.1 Å². The van der Waals surface area contributed by atoms with Crippen molar-refractivity contribution in [3.8, 4) is 5.40 Å². The number of aryl methyl sites for hydroxylation is 1. The molecule has 1 rings (SSSR count). The number of thioether (sulfide) groups is 1. The van der Waals surface area contributed by atoms with E-state index in [0.29, 0.717) is 5.92 Å². The van der Waals surface area contributed by atoms with Crippen LogP contribution in [0, 0.1) is 24.5 Å². The summed E-state index contributed by atoms with van der Waals surface area (Å²) >= 11 is 1.35. The van der Waals surface area contributed by atoms with Crippen LogP contribution < -0.4 is 0 Å². The molecule has 0 spiro atoms. The van der Waals surface area contributed by atoms with Gasteiger partial charge in [0.2, 0.25) is 0 Å². The van der Waals surface area contributed by atoms with Crippen LogP contribution >= 0.6 is 11.8 Å². The summed E-state index contributed by atoms with van der Waals surface area (Å²) in [7, 11) is 0. The van der Waals surface area contributed by atoms with Crippen LogP contribution in [0.3, 0.4) is 0 Å². The number of hydrogen-bond acceptors (Lipinski definition) is 2. The Labute approximate surface area is 96.5 Å². The van der Waals surface area contributed by atoms with Gasteiger partial charge in [-0.25, -0.2) is 0 Å². The zero-order valence-electron chi connectivity index (χ0n) is 9.58. The quantitative estimate of drug-likeness (QED) is 0.564. The summed E-state index contributed by atoms with van der Waals surface area (Å²) in [5.74, 6) is 1.47. The van der Waals surface area contributed by atoms with E-state index in [4.69, 9.17) is 5.26 Å². The Balaban J connectivity index is 2.70. The molecule has 0 heterocycles. The average molecular weight is 219 g/mol. The van der Waals surface area contributed by atoms with Crippen LogP contribution in [0.15, 0.2) is 18.2 Å². The molecule has 0 amide bonds. The summed E-state index contributed by atoms with van der Waals surface area (Å²) in [6.45, 7) is 6.56. The van der Waals surface area contributed by atoms with Gasteiger partial charge in [-0.2, -0.15) is 5.26 Å². The molecule has 0 fully saturated rings. The summed E-state index contributed by atoms with van der Waals surface area (Å²) in [5.41, 5.74) is 4.17. The zero-order valence-corrected chi connectivity index (χ0v) is 10.4. The molecule has 0 aromatic heterocycles. The second kappa shape index (κ2) is 5.82. The molecule has 0 aliphatic carbocycles. The number of rotatable bonds is 4. The summed E-state index contributed by atoms with van der Waals surface area (Å²) < 4.78 is 0. The molecule has 0 aliphatic heterocycles. The number of benzene rings is 1. The van der Waals surface area contributed by atoms with Crippen molar-refractivity contribution in [2.45, 2.75) is 33.1 Å². The van der Waals surface area contributed by atoms with Gasteiger partial charge in [-0.05, 0) is 54.6 Å².